The van der Waals surface area contributed by atoms with Gasteiger partial charge in [-0.15, -0.1) is 0 Å². The number of benzene rings is 2. The van der Waals surface area contributed by atoms with Crippen LogP contribution in [-0.2, 0) is 11.3 Å². The first-order valence-electron chi connectivity index (χ1n) is 8.31. The van der Waals surface area contributed by atoms with Crippen LogP contribution in [0.4, 0.5) is 0 Å². The van der Waals surface area contributed by atoms with Crippen molar-refractivity contribution in [2.45, 2.75) is 38.9 Å². The molecule has 3 nitrogen and oxygen atoms in total. The molecule has 3 heteroatoms. The molecule has 24 heavy (non-hydrogen) atoms. The Balaban J connectivity index is 2.33. The third-order valence-corrected chi connectivity index (χ3v) is 4.21. The highest BCUT2D eigenvalue weighted by Crippen LogP contribution is 2.26. The van der Waals surface area contributed by atoms with Crippen molar-refractivity contribution in [3.63, 3.8) is 0 Å². The minimum absolute atomic E-state index is 0.0916. The summed E-state index contributed by atoms with van der Waals surface area (Å²) < 4.78 is 0. The molecule has 126 valence electrons. The maximum Gasteiger partial charge on any atom is 0.305 e. The van der Waals surface area contributed by atoms with Crippen LogP contribution in [-0.4, -0.2) is 22.0 Å². The molecule has 2 aromatic carbocycles. The second-order valence-corrected chi connectivity index (χ2v) is 5.94. The van der Waals surface area contributed by atoms with E-state index in [1.165, 1.54) is 11.1 Å². The zero-order chi connectivity index (χ0) is 17.4. The Morgan fingerprint density at radius 2 is 1.67 bits per heavy atom. The second kappa shape index (κ2) is 9.04. The summed E-state index contributed by atoms with van der Waals surface area (Å²) >= 11 is 0. The molecule has 0 fully saturated rings. The molecule has 0 aromatic heterocycles. The second-order valence-electron chi connectivity index (χ2n) is 5.94. The van der Waals surface area contributed by atoms with Gasteiger partial charge >= 0.3 is 5.97 Å². The van der Waals surface area contributed by atoms with E-state index in [2.05, 4.69) is 36.1 Å². The summed E-state index contributed by atoms with van der Waals surface area (Å²) in [5.74, 6) is -0.781. The number of allylic oxidation sites excluding steroid dienone is 1. The molecule has 0 spiro atoms. The molecule has 0 aliphatic heterocycles. The van der Waals surface area contributed by atoms with Crippen molar-refractivity contribution in [1.82, 2.24) is 4.90 Å². The first kappa shape index (κ1) is 18.0. The summed E-state index contributed by atoms with van der Waals surface area (Å²) in [5, 5.41) is 9.32. The Morgan fingerprint density at radius 1 is 1.08 bits per heavy atom. The lowest BCUT2D eigenvalue weighted by Gasteiger charge is -2.35. The Labute approximate surface area is 144 Å². The standard InChI is InChI=1S/C21H25NO2/c1-3-10-20(15-21(23)24)22(16-18-11-6-4-7-12-18)17(2)19-13-8-5-9-14-19/h3-14,17,20H,15-16H2,1-2H3,(H,23,24)/b10-3+/t17-,20-/m1/s1. The van der Waals surface area contributed by atoms with E-state index in [1.807, 2.05) is 55.5 Å². The van der Waals surface area contributed by atoms with Gasteiger partial charge in [0.05, 0.1) is 6.42 Å². The van der Waals surface area contributed by atoms with Gasteiger partial charge in [0, 0.05) is 18.6 Å². The molecule has 0 amide bonds. The van der Waals surface area contributed by atoms with Crippen molar-refractivity contribution in [2.24, 2.45) is 0 Å². The number of carbonyl (C=O) groups is 1. The van der Waals surface area contributed by atoms with E-state index in [-0.39, 0.29) is 18.5 Å². The van der Waals surface area contributed by atoms with Crippen LogP contribution < -0.4 is 0 Å². The molecule has 0 bridgehead atoms. The fraction of sp³-hybridized carbons (Fsp3) is 0.286. The molecular formula is C21H25NO2. The summed E-state index contributed by atoms with van der Waals surface area (Å²) in [7, 11) is 0. The van der Waals surface area contributed by atoms with Crippen LogP contribution in [0.15, 0.2) is 72.8 Å². The van der Waals surface area contributed by atoms with Gasteiger partial charge in [0.1, 0.15) is 0 Å². The topological polar surface area (TPSA) is 40.5 Å². The molecule has 0 aliphatic carbocycles. The Kier molecular flexibility index (Phi) is 6.76. The van der Waals surface area contributed by atoms with Crippen LogP contribution in [0, 0.1) is 0 Å². The van der Waals surface area contributed by atoms with E-state index in [0.29, 0.717) is 6.54 Å². The highest BCUT2D eigenvalue weighted by Gasteiger charge is 2.25. The predicted octanol–water partition coefficient (Wildman–Crippen LogP) is 4.67. The Hall–Kier alpha value is -2.39. The summed E-state index contributed by atoms with van der Waals surface area (Å²) in [6, 6.07) is 20.4. The van der Waals surface area contributed by atoms with Gasteiger partial charge in [0.25, 0.3) is 0 Å². The monoisotopic (exact) mass is 323 g/mol. The molecule has 2 aromatic rings. The van der Waals surface area contributed by atoms with Crippen LogP contribution in [0.1, 0.15) is 37.4 Å². The van der Waals surface area contributed by atoms with Gasteiger partial charge in [0.2, 0.25) is 0 Å². The first-order chi connectivity index (χ1) is 11.6. The van der Waals surface area contributed by atoms with Crippen molar-refractivity contribution in [1.29, 1.82) is 0 Å². The molecule has 0 saturated carbocycles. The van der Waals surface area contributed by atoms with E-state index in [9.17, 15) is 9.90 Å². The largest absolute Gasteiger partial charge is 0.481 e. The van der Waals surface area contributed by atoms with Gasteiger partial charge in [-0.2, -0.15) is 0 Å². The van der Waals surface area contributed by atoms with Crippen LogP contribution in [0.25, 0.3) is 0 Å². The maximum absolute atomic E-state index is 11.3. The molecule has 0 heterocycles. The van der Waals surface area contributed by atoms with Crippen molar-refractivity contribution < 1.29 is 9.90 Å². The van der Waals surface area contributed by atoms with Crippen LogP contribution in [0.5, 0.6) is 0 Å². The lowest BCUT2D eigenvalue weighted by Crippen LogP contribution is -2.37. The zero-order valence-electron chi connectivity index (χ0n) is 14.3. The number of rotatable bonds is 8. The van der Waals surface area contributed by atoms with Crippen molar-refractivity contribution in [3.8, 4) is 0 Å². The first-order valence-corrected chi connectivity index (χ1v) is 8.31. The van der Waals surface area contributed by atoms with E-state index in [1.54, 1.807) is 0 Å². The molecular weight excluding hydrogens is 298 g/mol. The van der Waals surface area contributed by atoms with Gasteiger partial charge in [0.15, 0.2) is 0 Å². The Bertz CT molecular complexity index is 652. The van der Waals surface area contributed by atoms with Crippen molar-refractivity contribution in [3.05, 3.63) is 83.9 Å². The van der Waals surface area contributed by atoms with Gasteiger partial charge in [-0.25, -0.2) is 0 Å². The number of aliphatic carboxylic acids is 1. The summed E-state index contributed by atoms with van der Waals surface area (Å²) in [6.07, 6.45) is 4.01. The molecule has 0 radical (unpaired) electrons. The average molecular weight is 323 g/mol. The quantitative estimate of drug-likeness (QED) is 0.718. The summed E-state index contributed by atoms with van der Waals surface area (Å²) in [6.45, 7) is 4.78. The maximum atomic E-state index is 11.3. The minimum atomic E-state index is -0.781. The summed E-state index contributed by atoms with van der Waals surface area (Å²) in [4.78, 5) is 13.6. The highest BCUT2D eigenvalue weighted by molar-refractivity contribution is 5.68. The SMILES string of the molecule is C/C=C/[C@H](CC(=O)O)N(Cc1ccccc1)[C@H](C)c1ccccc1. The van der Waals surface area contributed by atoms with Gasteiger partial charge in [-0.1, -0.05) is 72.8 Å². The Morgan fingerprint density at radius 3 is 2.21 bits per heavy atom. The van der Waals surface area contributed by atoms with Crippen LogP contribution in [0.2, 0.25) is 0 Å². The smallest absolute Gasteiger partial charge is 0.305 e. The van der Waals surface area contributed by atoms with E-state index >= 15 is 0 Å². The fourth-order valence-corrected chi connectivity index (χ4v) is 2.96. The number of nitrogens with zero attached hydrogens (tertiary/aromatic N) is 1. The van der Waals surface area contributed by atoms with E-state index in [4.69, 9.17) is 0 Å². The fourth-order valence-electron chi connectivity index (χ4n) is 2.96. The lowest BCUT2D eigenvalue weighted by molar-refractivity contribution is -0.138. The molecule has 0 saturated heterocycles. The molecule has 2 rings (SSSR count). The lowest BCUT2D eigenvalue weighted by atomic mass is 10.0. The highest BCUT2D eigenvalue weighted by atomic mass is 16.4. The van der Waals surface area contributed by atoms with Crippen LogP contribution >= 0.6 is 0 Å². The molecule has 2 atom stereocenters. The normalized spacial score (nSPS) is 14.0. The van der Waals surface area contributed by atoms with Crippen molar-refractivity contribution in [2.75, 3.05) is 0 Å². The minimum Gasteiger partial charge on any atom is -0.481 e. The third-order valence-electron chi connectivity index (χ3n) is 4.21. The average Bonchev–Trinajstić information content (AvgIpc) is 2.60. The van der Waals surface area contributed by atoms with Crippen LogP contribution in [0.3, 0.4) is 0 Å². The number of hydrogen-bond acceptors (Lipinski definition) is 2. The molecule has 1 N–H and O–H groups in total. The van der Waals surface area contributed by atoms with Gasteiger partial charge in [-0.05, 0) is 25.0 Å². The summed E-state index contributed by atoms with van der Waals surface area (Å²) in [5.41, 5.74) is 2.37. The zero-order valence-corrected chi connectivity index (χ0v) is 14.3. The van der Waals surface area contributed by atoms with Crippen molar-refractivity contribution >= 4 is 5.97 Å². The van der Waals surface area contributed by atoms with Gasteiger partial charge in [-0.3, -0.25) is 9.69 Å². The predicted molar refractivity (Wildman–Crippen MR) is 97.7 cm³/mol. The van der Waals surface area contributed by atoms with E-state index < -0.39 is 5.97 Å². The number of carboxylic acids is 1. The van der Waals surface area contributed by atoms with Gasteiger partial charge < -0.3 is 5.11 Å². The molecule has 0 unspecified atom stereocenters. The number of hydrogen-bond donors (Lipinski definition) is 1. The number of carboxylic acid groups (broad SMARTS) is 1. The third kappa shape index (κ3) is 5.07. The van der Waals surface area contributed by atoms with E-state index in [0.717, 1.165) is 0 Å². The molecule has 0 aliphatic rings.